The van der Waals surface area contributed by atoms with E-state index in [0.717, 1.165) is 21.6 Å². The van der Waals surface area contributed by atoms with E-state index < -0.39 is 21.8 Å². The smallest absolute Gasteiger partial charge is 0.272 e. The van der Waals surface area contributed by atoms with Gasteiger partial charge in [0.15, 0.2) is 0 Å². The number of sulfonamides is 1. The van der Waals surface area contributed by atoms with Crippen LogP contribution in [0.3, 0.4) is 0 Å². The Morgan fingerprint density at radius 3 is 1.83 bits per heavy atom. The molecule has 0 heterocycles. The van der Waals surface area contributed by atoms with Gasteiger partial charge in [0.05, 0.1) is 10.6 Å². The average Bonchev–Trinajstić information content (AvgIpc) is 3.08. The Balaban J connectivity index is 1.23. The Morgan fingerprint density at radius 1 is 0.660 bits per heavy atom. The van der Waals surface area contributed by atoms with Crippen LogP contribution >= 0.6 is 11.8 Å². The van der Waals surface area contributed by atoms with Crippen molar-refractivity contribution in [3.8, 4) is 11.1 Å². The van der Waals surface area contributed by atoms with Crippen molar-refractivity contribution in [1.82, 2.24) is 5.32 Å². The molecule has 0 aromatic heterocycles. The molecule has 0 fully saturated rings. The van der Waals surface area contributed by atoms with Gasteiger partial charge in [-0.1, -0.05) is 72.8 Å². The van der Waals surface area contributed by atoms with E-state index in [1.54, 1.807) is 60.7 Å². The summed E-state index contributed by atoms with van der Waals surface area (Å²) >= 11 is 1.29. The van der Waals surface area contributed by atoms with Crippen molar-refractivity contribution in [2.45, 2.75) is 9.79 Å². The van der Waals surface area contributed by atoms with Crippen LogP contribution < -0.4 is 21.1 Å². The van der Waals surface area contributed by atoms with Crippen LogP contribution in [0.5, 0.6) is 0 Å². The first-order valence-corrected chi connectivity index (χ1v) is 16.9. The number of nitrogens with two attached hydrogens (primary N) is 1. The highest BCUT2D eigenvalue weighted by molar-refractivity contribution is 8.00. The van der Waals surface area contributed by atoms with Crippen LogP contribution in [-0.2, 0) is 19.6 Å². The van der Waals surface area contributed by atoms with Crippen molar-refractivity contribution < 1.29 is 22.8 Å². The summed E-state index contributed by atoms with van der Waals surface area (Å²) in [6.07, 6.45) is 1.62. The van der Waals surface area contributed by atoms with Gasteiger partial charge in [0, 0.05) is 21.8 Å². The maximum atomic E-state index is 13.4. The summed E-state index contributed by atoms with van der Waals surface area (Å²) in [7, 11) is -3.82. The average molecular weight is 663 g/mol. The predicted molar refractivity (Wildman–Crippen MR) is 186 cm³/mol. The number of nitrogens with one attached hydrogen (secondary N) is 3. The van der Waals surface area contributed by atoms with Crippen molar-refractivity contribution >= 4 is 57.0 Å². The monoisotopic (exact) mass is 662 g/mol. The molecule has 5 N–H and O–H groups in total. The number of rotatable bonds is 11. The number of benzene rings is 5. The fourth-order valence-electron chi connectivity index (χ4n) is 4.42. The van der Waals surface area contributed by atoms with Crippen molar-refractivity contribution in [3.05, 3.63) is 150 Å². The molecular weight excluding hydrogens is 633 g/mol. The highest BCUT2D eigenvalue weighted by Gasteiger charge is 2.16. The van der Waals surface area contributed by atoms with Gasteiger partial charge < -0.3 is 16.0 Å². The fourth-order valence-corrected chi connectivity index (χ4v) is 5.63. The fraction of sp³-hybridized carbons (Fsp3) is 0.0278. The van der Waals surface area contributed by atoms with E-state index in [-0.39, 0.29) is 22.3 Å². The second-order valence-electron chi connectivity index (χ2n) is 10.3. The van der Waals surface area contributed by atoms with E-state index in [4.69, 9.17) is 5.14 Å². The third-order valence-electron chi connectivity index (χ3n) is 6.81. The lowest BCUT2D eigenvalue weighted by Gasteiger charge is -2.12. The number of carbonyl (C=O) groups is 3. The van der Waals surface area contributed by atoms with Gasteiger partial charge in [-0.3, -0.25) is 14.4 Å². The van der Waals surface area contributed by atoms with Gasteiger partial charge in [0.1, 0.15) is 5.70 Å². The number of thioether (sulfide) groups is 1. The molecule has 0 unspecified atom stereocenters. The Kier molecular flexibility index (Phi) is 10.6. The molecule has 9 nitrogen and oxygen atoms in total. The first-order valence-electron chi connectivity index (χ1n) is 14.3. The van der Waals surface area contributed by atoms with Crippen molar-refractivity contribution in [3.63, 3.8) is 0 Å². The van der Waals surface area contributed by atoms with Gasteiger partial charge in [0.2, 0.25) is 15.9 Å². The zero-order valence-corrected chi connectivity index (χ0v) is 26.6. The zero-order chi connectivity index (χ0) is 33.2. The number of hydrogen-bond donors (Lipinski definition) is 4. The molecule has 0 saturated heterocycles. The Morgan fingerprint density at radius 2 is 1.21 bits per heavy atom. The highest BCUT2D eigenvalue weighted by atomic mass is 32.2. The normalized spacial score (nSPS) is 11.4. The second-order valence-corrected chi connectivity index (χ2v) is 12.9. The lowest BCUT2D eigenvalue weighted by atomic mass is 10.0. The minimum Gasteiger partial charge on any atom is -0.325 e. The lowest BCUT2D eigenvalue weighted by Crippen LogP contribution is -2.30. The van der Waals surface area contributed by atoms with Crippen LogP contribution in [0.2, 0.25) is 0 Å². The topological polar surface area (TPSA) is 147 Å². The molecule has 0 aliphatic carbocycles. The van der Waals surface area contributed by atoms with E-state index in [2.05, 4.69) is 16.0 Å². The summed E-state index contributed by atoms with van der Waals surface area (Å²) in [6, 6.07) is 38.7. The van der Waals surface area contributed by atoms with Crippen LogP contribution in [0.15, 0.2) is 149 Å². The molecule has 5 aromatic rings. The summed E-state index contributed by atoms with van der Waals surface area (Å²) in [6.45, 7) is 0. The van der Waals surface area contributed by atoms with E-state index >= 15 is 0 Å². The largest absolute Gasteiger partial charge is 0.325 e. The van der Waals surface area contributed by atoms with Crippen LogP contribution in [0, 0.1) is 0 Å². The number of carbonyl (C=O) groups excluding carboxylic acids is 3. The molecule has 47 heavy (non-hydrogen) atoms. The Bertz CT molecular complexity index is 2000. The van der Waals surface area contributed by atoms with Gasteiger partial charge in [-0.2, -0.15) is 0 Å². The molecule has 5 aromatic carbocycles. The van der Waals surface area contributed by atoms with E-state index in [1.807, 2.05) is 54.6 Å². The molecule has 0 atom stereocenters. The van der Waals surface area contributed by atoms with Crippen LogP contribution in [0.1, 0.15) is 15.9 Å². The van der Waals surface area contributed by atoms with Gasteiger partial charge in [-0.25, -0.2) is 13.6 Å². The molecule has 0 spiro atoms. The summed E-state index contributed by atoms with van der Waals surface area (Å²) in [4.78, 5) is 39.6. The van der Waals surface area contributed by atoms with E-state index in [1.165, 1.54) is 36.0 Å². The molecule has 0 aliphatic rings. The van der Waals surface area contributed by atoms with Crippen LogP contribution in [0.4, 0.5) is 11.4 Å². The summed E-state index contributed by atoms with van der Waals surface area (Å²) in [5.74, 6) is -1.10. The minimum atomic E-state index is -3.82. The van der Waals surface area contributed by atoms with Gasteiger partial charge in [0.25, 0.3) is 11.8 Å². The maximum absolute atomic E-state index is 13.4. The third kappa shape index (κ3) is 9.50. The van der Waals surface area contributed by atoms with Crippen LogP contribution in [-0.4, -0.2) is 31.9 Å². The number of primary sulfonamides is 1. The summed E-state index contributed by atoms with van der Waals surface area (Å²) in [5, 5.41) is 13.4. The Hall–Kier alpha value is -5.49. The Labute approximate surface area is 277 Å². The minimum absolute atomic E-state index is 0.0456. The van der Waals surface area contributed by atoms with Crippen molar-refractivity contribution in [1.29, 1.82) is 0 Å². The summed E-state index contributed by atoms with van der Waals surface area (Å²) < 4.78 is 22.8. The predicted octanol–water partition coefficient (Wildman–Crippen LogP) is 6.14. The molecule has 0 bridgehead atoms. The second kappa shape index (κ2) is 15.2. The number of amides is 3. The quantitative estimate of drug-likeness (QED) is 0.0987. The van der Waals surface area contributed by atoms with E-state index in [9.17, 15) is 22.8 Å². The van der Waals surface area contributed by atoms with Gasteiger partial charge >= 0.3 is 0 Å². The van der Waals surface area contributed by atoms with Gasteiger partial charge in [-0.15, -0.1) is 11.8 Å². The molecular formula is C36H30N4O5S2. The maximum Gasteiger partial charge on any atom is 0.272 e. The molecule has 3 amide bonds. The van der Waals surface area contributed by atoms with E-state index in [0.29, 0.717) is 16.9 Å². The standard InChI is InChI=1S/C36H30N4O5S2/c37-47(44,45)32-21-17-29(18-22-32)38-34(41)24-46-31-19-15-30(16-20-31)39-36(43)33(40-35(42)28-9-5-2-6-10-28)23-25-11-13-27(14-12-25)26-7-3-1-4-8-26/h1-23H,24H2,(H,38,41)(H,39,43)(H,40,42)(H2,37,44,45)/b33-23-. The van der Waals surface area contributed by atoms with Crippen molar-refractivity contribution in [2.75, 3.05) is 16.4 Å². The molecule has 236 valence electrons. The summed E-state index contributed by atoms with van der Waals surface area (Å²) in [5.41, 5.74) is 4.24. The highest BCUT2D eigenvalue weighted by Crippen LogP contribution is 2.23. The first-order chi connectivity index (χ1) is 22.6. The number of anilines is 2. The SMILES string of the molecule is NS(=O)(=O)c1ccc(NC(=O)CSc2ccc(NC(=O)/C(=C/c3ccc(-c4ccccc4)cc3)NC(=O)c3ccccc3)cc2)cc1. The van der Waals surface area contributed by atoms with Crippen LogP contribution in [0.25, 0.3) is 17.2 Å². The lowest BCUT2D eigenvalue weighted by molar-refractivity contribution is -0.114. The molecule has 0 aliphatic heterocycles. The zero-order valence-electron chi connectivity index (χ0n) is 24.9. The number of hydrogen-bond acceptors (Lipinski definition) is 6. The first kappa shape index (κ1) is 32.9. The molecule has 11 heteroatoms. The van der Waals surface area contributed by atoms with Gasteiger partial charge in [-0.05, 0) is 83.4 Å². The molecule has 5 rings (SSSR count). The van der Waals surface area contributed by atoms with Crippen molar-refractivity contribution in [2.24, 2.45) is 5.14 Å². The third-order valence-corrected chi connectivity index (χ3v) is 8.75. The molecule has 0 saturated carbocycles. The molecule has 0 radical (unpaired) electrons.